The molecule has 0 unspecified atom stereocenters. The van der Waals surface area contributed by atoms with Crippen molar-refractivity contribution in [2.45, 2.75) is 24.8 Å². The predicted octanol–water partition coefficient (Wildman–Crippen LogP) is 1.76. The normalized spacial score (nSPS) is 11.8. The molecule has 0 saturated carbocycles. The number of rotatable bonds is 9. The lowest BCUT2D eigenvalue weighted by Gasteiger charge is -2.10. The van der Waals surface area contributed by atoms with Crippen molar-refractivity contribution in [1.29, 1.82) is 0 Å². The number of halogens is 1. The van der Waals surface area contributed by atoms with Crippen LogP contribution in [0.3, 0.4) is 0 Å². The molecule has 0 aromatic heterocycles. The van der Waals surface area contributed by atoms with Crippen LogP contribution in [-0.2, 0) is 21.3 Å². The van der Waals surface area contributed by atoms with Gasteiger partial charge in [0.15, 0.2) is 0 Å². The van der Waals surface area contributed by atoms with Gasteiger partial charge in [0.05, 0.1) is 5.02 Å². The van der Waals surface area contributed by atoms with Crippen molar-refractivity contribution >= 4 is 21.6 Å². The minimum atomic E-state index is -3.58. The fourth-order valence-electron chi connectivity index (χ4n) is 1.67. The first kappa shape index (κ1) is 17.4. The molecule has 1 rings (SSSR count). The molecule has 1 aromatic rings. The van der Waals surface area contributed by atoms with E-state index in [0.717, 1.165) is 5.56 Å². The van der Waals surface area contributed by atoms with Crippen LogP contribution in [0.5, 0.6) is 0 Å². The molecule has 0 spiro atoms. The van der Waals surface area contributed by atoms with Crippen LogP contribution in [0.15, 0.2) is 23.1 Å². The highest BCUT2D eigenvalue weighted by molar-refractivity contribution is 7.89. The summed E-state index contributed by atoms with van der Waals surface area (Å²) in [6, 6.07) is 4.99. The van der Waals surface area contributed by atoms with E-state index in [1.54, 1.807) is 25.2 Å². The average Bonchev–Trinajstić information content (AvgIpc) is 2.41. The summed E-state index contributed by atoms with van der Waals surface area (Å²) in [5.74, 6) is 0. The van der Waals surface area contributed by atoms with Gasteiger partial charge < -0.3 is 10.1 Å². The summed E-state index contributed by atoms with van der Waals surface area (Å²) < 4.78 is 32.1. The molecular weight excluding hydrogens is 300 g/mol. The zero-order chi connectivity index (χ0) is 15.0. The summed E-state index contributed by atoms with van der Waals surface area (Å²) in [6.07, 6.45) is 0.626. The molecule has 0 amide bonds. The molecular formula is C13H21ClN2O3S. The fraction of sp³-hybridized carbons (Fsp3) is 0.538. The molecule has 0 heterocycles. The van der Waals surface area contributed by atoms with Crippen LogP contribution in [0.2, 0.25) is 5.02 Å². The molecule has 0 bridgehead atoms. The molecule has 20 heavy (non-hydrogen) atoms. The van der Waals surface area contributed by atoms with Crippen LogP contribution < -0.4 is 10.0 Å². The van der Waals surface area contributed by atoms with Crippen molar-refractivity contribution in [3.05, 3.63) is 28.8 Å². The summed E-state index contributed by atoms with van der Waals surface area (Å²) in [5, 5.41) is 3.20. The molecule has 0 fully saturated rings. The third-order valence-corrected chi connectivity index (χ3v) is 4.57. The zero-order valence-electron chi connectivity index (χ0n) is 11.8. The highest BCUT2D eigenvalue weighted by atomic mass is 35.5. The lowest BCUT2D eigenvalue weighted by Crippen LogP contribution is -2.26. The zero-order valence-corrected chi connectivity index (χ0v) is 13.4. The van der Waals surface area contributed by atoms with E-state index in [1.807, 2.05) is 6.92 Å². The molecule has 114 valence electrons. The van der Waals surface area contributed by atoms with Crippen LogP contribution >= 0.6 is 11.6 Å². The second-order valence-corrected chi connectivity index (χ2v) is 6.39. The van der Waals surface area contributed by atoms with Crippen molar-refractivity contribution in [2.24, 2.45) is 0 Å². The highest BCUT2D eigenvalue weighted by Crippen LogP contribution is 2.22. The molecule has 5 nitrogen and oxygen atoms in total. The molecule has 0 radical (unpaired) electrons. The van der Waals surface area contributed by atoms with E-state index in [2.05, 4.69) is 10.0 Å². The summed E-state index contributed by atoms with van der Waals surface area (Å²) in [7, 11) is -1.78. The molecule has 1 aromatic carbocycles. The van der Waals surface area contributed by atoms with Gasteiger partial charge in [-0.1, -0.05) is 17.7 Å². The third kappa shape index (κ3) is 5.38. The number of hydrogen-bond donors (Lipinski definition) is 2. The Morgan fingerprint density at radius 1 is 1.35 bits per heavy atom. The van der Waals surface area contributed by atoms with Crippen molar-refractivity contribution < 1.29 is 13.2 Å². The van der Waals surface area contributed by atoms with Crippen LogP contribution in [0, 0.1) is 0 Å². The number of hydrogen-bond acceptors (Lipinski definition) is 4. The molecule has 0 aliphatic rings. The first-order valence-electron chi connectivity index (χ1n) is 6.51. The Morgan fingerprint density at radius 3 is 2.75 bits per heavy atom. The van der Waals surface area contributed by atoms with Gasteiger partial charge in [0.25, 0.3) is 0 Å². The van der Waals surface area contributed by atoms with Gasteiger partial charge in [-0.3, -0.25) is 0 Å². The van der Waals surface area contributed by atoms with Gasteiger partial charge >= 0.3 is 0 Å². The largest absolute Gasteiger partial charge is 0.382 e. The number of nitrogens with one attached hydrogen (secondary N) is 2. The van der Waals surface area contributed by atoms with Crippen LogP contribution in [0.25, 0.3) is 0 Å². The number of benzene rings is 1. The summed E-state index contributed by atoms with van der Waals surface area (Å²) in [4.78, 5) is 0.114. The lowest BCUT2D eigenvalue weighted by atomic mass is 10.2. The van der Waals surface area contributed by atoms with E-state index in [1.165, 1.54) is 0 Å². The fourth-order valence-corrected chi connectivity index (χ4v) is 3.29. The smallest absolute Gasteiger partial charge is 0.242 e. The van der Waals surface area contributed by atoms with E-state index in [-0.39, 0.29) is 9.92 Å². The SMILES string of the molecule is CCOCCCNS(=O)(=O)c1cc(CNC)ccc1Cl. The van der Waals surface area contributed by atoms with Crippen molar-refractivity contribution in [2.75, 3.05) is 26.8 Å². The Balaban J connectivity index is 2.73. The van der Waals surface area contributed by atoms with Gasteiger partial charge in [0, 0.05) is 26.3 Å². The van der Waals surface area contributed by atoms with Crippen LogP contribution in [-0.4, -0.2) is 35.2 Å². The standard InChI is InChI=1S/C13H21ClN2O3S/c1-3-19-8-4-7-16-20(17,18)13-9-11(10-15-2)5-6-12(13)14/h5-6,9,15-16H,3-4,7-8,10H2,1-2H3. The van der Waals surface area contributed by atoms with Gasteiger partial charge in [0.1, 0.15) is 4.90 Å². The molecule has 7 heteroatoms. The van der Waals surface area contributed by atoms with Crippen molar-refractivity contribution in [1.82, 2.24) is 10.0 Å². The van der Waals surface area contributed by atoms with E-state index in [9.17, 15) is 8.42 Å². The van der Waals surface area contributed by atoms with Crippen molar-refractivity contribution in [3.63, 3.8) is 0 Å². The first-order chi connectivity index (χ1) is 9.51. The van der Waals surface area contributed by atoms with Gasteiger partial charge in [-0.05, 0) is 38.1 Å². The van der Waals surface area contributed by atoms with E-state index < -0.39 is 10.0 Å². The Bertz CT molecular complexity index is 520. The van der Waals surface area contributed by atoms with E-state index in [4.69, 9.17) is 16.3 Å². The van der Waals surface area contributed by atoms with Gasteiger partial charge in [-0.25, -0.2) is 13.1 Å². The van der Waals surface area contributed by atoms with Gasteiger partial charge in [0.2, 0.25) is 10.0 Å². The Hall–Kier alpha value is -0.660. The molecule has 0 aliphatic heterocycles. The minimum Gasteiger partial charge on any atom is -0.382 e. The molecule has 0 saturated heterocycles. The summed E-state index contributed by atoms with van der Waals surface area (Å²) >= 11 is 5.98. The molecule has 2 N–H and O–H groups in total. The topological polar surface area (TPSA) is 67.4 Å². The monoisotopic (exact) mass is 320 g/mol. The van der Waals surface area contributed by atoms with Gasteiger partial charge in [-0.2, -0.15) is 0 Å². The summed E-state index contributed by atoms with van der Waals surface area (Å²) in [5.41, 5.74) is 0.867. The quantitative estimate of drug-likeness (QED) is 0.680. The minimum absolute atomic E-state index is 0.114. The van der Waals surface area contributed by atoms with Crippen LogP contribution in [0.4, 0.5) is 0 Å². The predicted molar refractivity (Wildman–Crippen MR) is 80.5 cm³/mol. The lowest BCUT2D eigenvalue weighted by molar-refractivity contribution is 0.146. The maximum atomic E-state index is 12.2. The highest BCUT2D eigenvalue weighted by Gasteiger charge is 2.17. The Morgan fingerprint density at radius 2 is 2.10 bits per heavy atom. The second-order valence-electron chi connectivity index (χ2n) is 4.24. The Kier molecular flexibility index (Phi) is 7.47. The van der Waals surface area contributed by atoms with E-state index in [0.29, 0.717) is 32.7 Å². The molecule has 0 aliphatic carbocycles. The third-order valence-electron chi connectivity index (χ3n) is 2.63. The average molecular weight is 321 g/mol. The number of sulfonamides is 1. The summed E-state index contributed by atoms with van der Waals surface area (Å²) in [6.45, 7) is 3.98. The van der Waals surface area contributed by atoms with Crippen molar-refractivity contribution in [3.8, 4) is 0 Å². The molecule has 0 atom stereocenters. The number of ether oxygens (including phenoxy) is 1. The van der Waals surface area contributed by atoms with Crippen LogP contribution in [0.1, 0.15) is 18.9 Å². The van der Waals surface area contributed by atoms with Gasteiger partial charge in [-0.15, -0.1) is 0 Å². The maximum Gasteiger partial charge on any atom is 0.242 e. The first-order valence-corrected chi connectivity index (χ1v) is 8.37. The second kappa shape index (κ2) is 8.59. The maximum absolute atomic E-state index is 12.2. The van der Waals surface area contributed by atoms with E-state index >= 15 is 0 Å². The Labute approximate surface area is 125 Å².